The Kier molecular flexibility index (Phi) is 3.47. The summed E-state index contributed by atoms with van der Waals surface area (Å²) in [5.74, 6) is 0.385. The van der Waals surface area contributed by atoms with Crippen molar-refractivity contribution in [2.45, 2.75) is 12.8 Å². The zero-order chi connectivity index (χ0) is 17.8. The standard InChI is InChI=1S/C16H16ClN5O3/c17-11-3-8-4-12(19-6-9(8)13(18)20-11)21-14(23)10-5-16(10)1-2-22(7-16)15(24)25/h3-4,6,10H,1-2,5,7H2,(H2,18,20)(H,24,25)(H,19,21,23). The number of carbonyl (C=O) groups is 2. The lowest BCUT2D eigenvalue weighted by molar-refractivity contribution is -0.118. The summed E-state index contributed by atoms with van der Waals surface area (Å²) in [6.07, 6.45) is 2.05. The summed E-state index contributed by atoms with van der Waals surface area (Å²) in [5.41, 5.74) is 5.60. The highest BCUT2D eigenvalue weighted by atomic mass is 35.5. The third-order valence-electron chi connectivity index (χ3n) is 5.13. The normalized spacial score (nSPS) is 24.7. The summed E-state index contributed by atoms with van der Waals surface area (Å²) in [7, 11) is 0. The number of likely N-dealkylation sites (tertiary alicyclic amines) is 1. The number of aromatic nitrogens is 2. The van der Waals surface area contributed by atoms with Crippen LogP contribution < -0.4 is 11.1 Å². The van der Waals surface area contributed by atoms with Crippen molar-refractivity contribution in [1.82, 2.24) is 14.9 Å². The largest absolute Gasteiger partial charge is 0.465 e. The Morgan fingerprint density at radius 1 is 1.44 bits per heavy atom. The number of carbonyl (C=O) groups excluding carboxylic acids is 1. The number of amides is 2. The summed E-state index contributed by atoms with van der Waals surface area (Å²) in [6, 6.07) is 3.36. The number of nitrogens with two attached hydrogens (primary N) is 1. The van der Waals surface area contributed by atoms with Crippen LogP contribution >= 0.6 is 11.6 Å². The summed E-state index contributed by atoms with van der Waals surface area (Å²) >= 11 is 5.91. The molecule has 9 heteroatoms. The van der Waals surface area contributed by atoms with E-state index in [-0.39, 0.29) is 28.2 Å². The fourth-order valence-electron chi connectivity index (χ4n) is 3.65. The van der Waals surface area contributed by atoms with Crippen LogP contribution in [-0.4, -0.2) is 45.1 Å². The number of rotatable bonds is 2. The van der Waals surface area contributed by atoms with Gasteiger partial charge in [-0.3, -0.25) is 4.79 Å². The van der Waals surface area contributed by atoms with E-state index in [0.29, 0.717) is 30.7 Å². The number of anilines is 2. The van der Waals surface area contributed by atoms with Gasteiger partial charge in [-0.15, -0.1) is 0 Å². The van der Waals surface area contributed by atoms with Crippen LogP contribution in [0.1, 0.15) is 12.8 Å². The van der Waals surface area contributed by atoms with Gasteiger partial charge in [-0.2, -0.15) is 0 Å². The van der Waals surface area contributed by atoms with E-state index in [1.807, 2.05) is 0 Å². The lowest BCUT2D eigenvalue weighted by Gasteiger charge is -2.12. The first-order chi connectivity index (χ1) is 11.9. The van der Waals surface area contributed by atoms with Crippen LogP contribution in [-0.2, 0) is 4.79 Å². The maximum Gasteiger partial charge on any atom is 0.407 e. The highest BCUT2D eigenvalue weighted by Crippen LogP contribution is 2.58. The van der Waals surface area contributed by atoms with Crippen molar-refractivity contribution in [1.29, 1.82) is 0 Å². The van der Waals surface area contributed by atoms with Crippen molar-refractivity contribution >= 4 is 46.0 Å². The quantitative estimate of drug-likeness (QED) is 0.705. The molecule has 2 atom stereocenters. The Labute approximate surface area is 148 Å². The van der Waals surface area contributed by atoms with Crippen molar-refractivity contribution < 1.29 is 14.7 Å². The summed E-state index contributed by atoms with van der Waals surface area (Å²) in [4.78, 5) is 33.1. The second-order valence-electron chi connectivity index (χ2n) is 6.68. The summed E-state index contributed by atoms with van der Waals surface area (Å²) in [5, 5.41) is 13.6. The Hall–Kier alpha value is -2.61. The second kappa shape index (κ2) is 5.45. The molecule has 1 saturated heterocycles. The topological polar surface area (TPSA) is 121 Å². The monoisotopic (exact) mass is 361 g/mol. The Morgan fingerprint density at radius 2 is 2.24 bits per heavy atom. The predicted molar refractivity (Wildman–Crippen MR) is 92.3 cm³/mol. The molecule has 1 saturated carbocycles. The zero-order valence-electron chi connectivity index (χ0n) is 13.2. The van der Waals surface area contributed by atoms with E-state index < -0.39 is 6.09 Å². The highest BCUT2D eigenvalue weighted by molar-refractivity contribution is 6.30. The molecule has 1 aliphatic carbocycles. The number of nitrogens with zero attached hydrogens (tertiary/aromatic N) is 3. The van der Waals surface area contributed by atoms with Crippen molar-refractivity contribution in [2.75, 3.05) is 24.1 Å². The molecular formula is C16H16ClN5O3. The minimum absolute atomic E-state index is 0.132. The lowest BCUT2D eigenvalue weighted by Crippen LogP contribution is -2.28. The first-order valence-electron chi connectivity index (χ1n) is 7.88. The van der Waals surface area contributed by atoms with Crippen LogP contribution in [0, 0.1) is 11.3 Å². The number of hydrogen-bond acceptors (Lipinski definition) is 5. The fraction of sp³-hybridized carbons (Fsp3) is 0.375. The average molecular weight is 362 g/mol. The third kappa shape index (κ3) is 2.72. The molecular weight excluding hydrogens is 346 g/mol. The number of pyridine rings is 2. The molecule has 2 aromatic rings. The van der Waals surface area contributed by atoms with Gasteiger partial charge < -0.3 is 21.1 Å². The number of nitrogens with one attached hydrogen (secondary N) is 1. The van der Waals surface area contributed by atoms with Crippen LogP contribution in [0.3, 0.4) is 0 Å². The van der Waals surface area contributed by atoms with E-state index in [1.165, 1.54) is 4.90 Å². The maximum atomic E-state index is 12.5. The molecule has 25 heavy (non-hydrogen) atoms. The molecule has 0 bridgehead atoms. The van der Waals surface area contributed by atoms with Crippen LogP contribution in [0.15, 0.2) is 18.3 Å². The van der Waals surface area contributed by atoms with E-state index >= 15 is 0 Å². The van der Waals surface area contributed by atoms with Crippen LogP contribution in [0.2, 0.25) is 5.15 Å². The molecule has 8 nitrogen and oxygen atoms in total. The first kappa shape index (κ1) is 15.9. The van der Waals surface area contributed by atoms with Crippen LogP contribution in [0.4, 0.5) is 16.4 Å². The van der Waals surface area contributed by atoms with Crippen LogP contribution in [0.5, 0.6) is 0 Å². The van der Waals surface area contributed by atoms with Gasteiger partial charge in [0.25, 0.3) is 0 Å². The van der Waals surface area contributed by atoms with Gasteiger partial charge in [-0.25, -0.2) is 14.8 Å². The summed E-state index contributed by atoms with van der Waals surface area (Å²) < 4.78 is 0. The van der Waals surface area contributed by atoms with E-state index in [1.54, 1.807) is 18.3 Å². The Morgan fingerprint density at radius 3 is 2.96 bits per heavy atom. The number of fused-ring (bicyclic) bond motifs is 1. The van der Waals surface area contributed by atoms with Gasteiger partial charge in [0.05, 0.1) is 0 Å². The molecule has 0 aromatic carbocycles. The van der Waals surface area contributed by atoms with Gasteiger partial charge in [0.1, 0.15) is 16.8 Å². The number of carboxylic acid groups (broad SMARTS) is 1. The van der Waals surface area contributed by atoms with E-state index in [0.717, 1.165) is 11.8 Å². The molecule has 1 spiro atoms. The number of nitrogen functional groups attached to an aromatic ring is 1. The minimum atomic E-state index is -0.929. The smallest absolute Gasteiger partial charge is 0.407 e. The second-order valence-corrected chi connectivity index (χ2v) is 7.07. The fourth-order valence-corrected chi connectivity index (χ4v) is 3.86. The highest BCUT2D eigenvalue weighted by Gasteiger charge is 2.61. The molecule has 2 aliphatic rings. The molecule has 130 valence electrons. The SMILES string of the molecule is Nc1nc(Cl)cc2cc(NC(=O)C3CC34CCN(C(=O)O)C4)ncc12. The predicted octanol–water partition coefficient (Wildman–Crippen LogP) is 2.19. The van der Waals surface area contributed by atoms with Gasteiger partial charge >= 0.3 is 6.09 Å². The van der Waals surface area contributed by atoms with Gasteiger partial charge in [0, 0.05) is 36.0 Å². The molecule has 2 amide bonds. The Balaban J connectivity index is 1.49. The van der Waals surface area contributed by atoms with E-state index in [9.17, 15) is 9.59 Å². The molecule has 2 aromatic heterocycles. The minimum Gasteiger partial charge on any atom is -0.465 e. The van der Waals surface area contributed by atoms with Crippen molar-refractivity contribution in [2.24, 2.45) is 11.3 Å². The van der Waals surface area contributed by atoms with Crippen molar-refractivity contribution in [3.8, 4) is 0 Å². The number of halogens is 1. The van der Waals surface area contributed by atoms with E-state index in [2.05, 4.69) is 15.3 Å². The Bertz CT molecular complexity index is 905. The molecule has 2 fully saturated rings. The lowest BCUT2D eigenvalue weighted by atomic mass is 10.0. The average Bonchev–Trinajstić information content (AvgIpc) is 3.06. The zero-order valence-corrected chi connectivity index (χ0v) is 14.0. The van der Waals surface area contributed by atoms with Crippen LogP contribution in [0.25, 0.3) is 10.8 Å². The molecule has 2 unspecified atom stereocenters. The van der Waals surface area contributed by atoms with Crippen molar-refractivity contribution in [3.63, 3.8) is 0 Å². The molecule has 0 radical (unpaired) electrons. The third-order valence-corrected chi connectivity index (χ3v) is 5.32. The molecule has 3 heterocycles. The number of hydrogen-bond donors (Lipinski definition) is 3. The molecule has 1 aliphatic heterocycles. The maximum absolute atomic E-state index is 12.5. The van der Waals surface area contributed by atoms with Gasteiger partial charge in [-0.1, -0.05) is 11.6 Å². The van der Waals surface area contributed by atoms with Crippen molar-refractivity contribution in [3.05, 3.63) is 23.5 Å². The van der Waals surface area contributed by atoms with Gasteiger partial charge in [-0.05, 0) is 30.4 Å². The summed E-state index contributed by atoms with van der Waals surface area (Å²) in [6.45, 7) is 0.904. The van der Waals surface area contributed by atoms with Gasteiger partial charge in [0.2, 0.25) is 5.91 Å². The molecule has 4 N–H and O–H groups in total. The molecule has 4 rings (SSSR count). The van der Waals surface area contributed by atoms with E-state index in [4.69, 9.17) is 22.4 Å². The first-order valence-corrected chi connectivity index (χ1v) is 8.26. The van der Waals surface area contributed by atoms with Gasteiger partial charge in [0.15, 0.2) is 0 Å².